The summed E-state index contributed by atoms with van der Waals surface area (Å²) in [6.45, 7) is 6.47. The highest BCUT2D eigenvalue weighted by molar-refractivity contribution is 7.08. The molecule has 1 N–H and O–H groups in total. The summed E-state index contributed by atoms with van der Waals surface area (Å²) in [5.74, 6) is -0.262. The summed E-state index contributed by atoms with van der Waals surface area (Å²) in [6.07, 6.45) is 1.46. The maximum absolute atomic E-state index is 12.1. The number of nitrogens with one attached hydrogen (secondary N) is 1. The number of allylic oxidation sites excluding steroid dienone is 1. The summed E-state index contributed by atoms with van der Waals surface area (Å²) >= 11 is 1.44. The van der Waals surface area contributed by atoms with Crippen molar-refractivity contribution in [2.45, 2.75) is 26.2 Å². The van der Waals surface area contributed by atoms with Gasteiger partial charge in [-0.05, 0) is 34.6 Å². The topological polar surface area (TPSA) is 52.9 Å². The Kier molecular flexibility index (Phi) is 4.79. The second kappa shape index (κ2) is 6.59. The maximum atomic E-state index is 12.1. The Morgan fingerprint density at radius 1 is 1.23 bits per heavy atom. The highest BCUT2D eigenvalue weighted by Gasteiger charge is 2.13. The molecule has 0 saturated carbocycles. The fourth-order valence-corrected chi connectivity index (χ4v) is 2.56. The summed E-state index contributed by atoms with van der Waals surface area (Å²) in [6, 6.07) is 11.6. The van der Waals surface area contributed by atoms with Gasteiger partial charge >= 0.3 is 0 Å². The summed E-state index contributed by atoms with van der Waals surface area (Å²) in [7, 11) is 0. The Balaban J connectivity index is 2.13. The molecule has 1 heterocycles. The first kappa shape index (κ1) is 16.0. The third-order valence-electron chi connectivity index (χ3n) is 3.28. The van der Waals surface area contributed by atoms with Crippen molar-refractivity contribution in [3.8, 4) is 6.07 Å². The number of Topliss-reactive ketones (excluding diaryl/α,β-unsaturated/α-hetero) is 1. The van der Waals surface area contributed by atoms with Crippen molar-refractivity contribution in [1.29, 1.82) is 5.26 Å². The molecule has 22 heavy (non-hydrogen) atoms. The maximum Gasteiger partial charge on any atom is 0.205 e. The van der Waals surface area contributed by atoms with Crippen molar-refractivity contribution in [2.24, 2.45) is 0 Å². The van der Waals surface area contributed by atoms with Crippen LogP contribution < -0.4 is 5.32 Å². The lowest BCUT2D eigenvalue weighted by atomic mass is 9.87. The van der Waals surface area contributed by atoms with Gasteiger partial charge in [-0.1, -0.05) is 32.9 Å². The minimum absolute atomic E-state index is 0.0956. The molecule has 0 unspecified atom stereocenters. The molecule has 3 nitrogen and oxygen atoms in total. The number of carbonyl (C=O) groups is 1. The van der Waals surface area contributed by atoms with Crippen LogP contribution in [0.3, 0.4) is 0 Å². The van der Waals surface area contributed by atoms with Crippen molar-refractivity contribution in [2.75, 3.05) is 5.32 Å². The molecule has 1 aromatic heterocycles. The van der Waals surface area contributed by atoms with Crippen molar-refractivity contribution in [1.82, 2.24) is 0 Å². The predicted octanol–water partition coefficient (Wildman–Crippen LogP) is 4.75. The van der Waals surface area contributed by atoms with Crippen LogP contribution in [0.5, 0.6) is 0 Å². The van der Waals surface area contributed by atoms with Gasteiger partial charge in [0.25, 0.3) is 0 Å². The quantitative estimate of drug-likeness (QED) is 0.504. The molecule has 0 atom stereocenters. The molecule has 0 bridgehead atoms. The Morgan fingerprint density at radius 2 is 1.91 bits per heavy atom. The van der Waals surface area contributed by atoms with E-state index in [2.05, 4.69) is 26.1 Å². The number of rotatable bonds is 4. The zero-order chi connectivity index (χ0) is 16.2. The lowest BCUT2D eigenvalue weighted by Gasteiger charge is -2.19. The zero-order valence-corrected chi connectivity index (χ0v) is 13.7. The smallest absolute Gasteiger partial charge is 0.205 e. The molecule has 0 radical (unpaired) electrons. The molecule has 0 aliphatic rings. The van der Waals surface area contributed by atoms with E-state index in [1.807, 2.05) is 35.7 Å². The van der Waals surface area contributed by atoms with Crippen LogP contribution in [0.4, 0.5) is 5.69 Å². The second-order valence-corrected chi connectivity index (χ2v) is 6.76. The second-order valence-electron chi connectivity index (χ2n) is 5.98. The molecule has 0 saturated heterocycles. The molecule has 0 aliphatic carbocycles. The van der Waals surface area contributed by atoms with Gasteiger partial charge < -0.3 is 5.32 Å². The molecule has 0 amide bonds. The lowest BCUT2D eigenvalue weighted by Crippen LogP contribution is -2.10. The van der Waals surface area contributed by atoms with Crippen molar-refractivity contribution >= 4 is 22.8 Å². The fourth-order valence-electron chi connectivity index (χ4n) is 1.92. The third kappa shape index (κ3) is 3.84. The van der Waals surface area contributed by atoms with Crippen molar-refractivity contribution in [3.05, 3.63) is 64.0 Å². The van der Waals surface area contributed by atoms with Crippen LogP contribution in [0.15, 0.2) is 52.9 Å². The number of carbonyl (C=O) groups excluding carboxylic acids is 1. The van der Waals surface area contributed by atoms with Crippen LogP contribution in [0.25, 0.3) is 0 Å². The van der Waals surface area contributed by atoms with E-state index in [0.717, 1.165) is 5.69 Å². The summed E-state index contributed by atoms with van der Waals surface area (Å²) in [5, 5.41) is 15.7. The van der Waals surface area contributed by atoms with E-state index in [1.54, 1.807) is 11.4 Å². The predicted molar refractivity (Wildman–Crippen MR) is 91.1 cm³/mol. The van der Waals surface area contributed by atoms with Crippen LogP contribution in [0, 0.1) is 11.3 Å². The molecule has 0 aliphatic heterocycles. The molecule has 2 aromatic rings. The van der Waals surface area contributed by atoms with E-state index in [-0.39, 0.29) is 16.8 Å². The third-order valence-corrected chi connectivity index (χ3v) is 3.97. The van der Waals surface area contributed by atoms with Gasteiger partial charge in [0.05, 0.1) is 0 Å². The van der Waals surface area contributed by atoms with Crippen molar-refractivity contribution < 1.29 is 4.79 Å². The van der Waals surface area contributed by atoms with Gasteiger partial charge in [-0.25, -0.2) is 0 Å². The molecule has 1 aromatic carbocycles. The number of nitriles is 1. The Morgan fingerprint density at radius 3 is 2.41 bits per heavy atom. The highest BCUT2D eigenvalue weighted by Crippen LogP contribution is 2.23. The van der Waals surface area contributed by atoms with Gasteiger partial charge in [-0.15, -0.1) is 0 Å². The first-order valence-corrected chi connectivity index (χ1v) is 7.90. The van der Waals surface area contributed by atoms with E-state index in [1.165, 1.54) is 23.1 Å². The largest absolute Gasteiger partial charge is 0.360 e. The monoisotopic (exact) mass is 310 g/mol. The first-order chi connectivity index (χ1) is 10.4. The highest BCUT2D eigenvalue weighted by atomic mass is 32.1. The molecular formula is C18H18N2OS. The average molecular weight is 310 g/mol. The lowest BCUT2D eigenvalue weighted by molar-refractivity contribution is 0.103. The first-order valence-electron chi connectivity index (χ1n) is 6.96. The Labute approximate surface area is 134 Å². The van der Waals surface area contributed by atoms with Gasteiger partial charge in [0, 0.05) is 22.8 Å². The zero-order valence-electron chi connectivity index (χ0n) is 12.9. The number of benzene rings is 1. The summed E-state index contributed by atoms with van der Waals surface area (Å²) < 4.78 is 0. The summed E-state index contributed by atoms with van der Waals surface area (Å²) in [5.41, 5.74) is 2.82. The van der Waals surface area contributed by atoms with E-state index in [9.17, 15) is 4.79 Å². The SMILES string of the molecule is CC(C)(C)c1ccc(N/C=C(/C#N)C(=O)c2ccsc2)cc1. The minimum Gasteiger partial charge on any atom is -0.360 e. The molecule has 2 rings (SSSR count). The Bertz CT molecular complexity index is 714. The number of ketones is 1. The van der Waals surface area contributed by atoms with Gasteiger partial charge in [-0.3, -0.25) is 4.79 Å². The minimum atomic E-state index is -0.262. The number of anilines is 1. The number of hydrogen-bond donors (Lipinski definition) is 1. The normalized spacial score (nSPS) is 11.8. The van der Waals surface area contributed by atoms with E-state index < -0.39 is 0 Å². The van der Waals surface area contributed by atoms with Gasteiger partial charge in [0.2, 0.25) is 5.78 Å². The van der Waals surface area contributed by atoms with Crippen LogP contribution in [-0.2, 0) is 5.41 Å². The average Bonchev–Trinajstić information content (AvgIpc) is 3.01. The number of thiophene rings is 1. The van der Waals surface area contributed by atoms with Gasteiger partial charge in [-0.2, -0.15) is 16.6 Å². The molecular weight excluding hydrogens is 292 g/mol. The Hall–Kier alpha value is -2.38. The van der Waals surface area contributed by atoms with Gasteiger partial charge in [0.15, 0.2) is 0 Å². The van der Waals surface area contributed by atoms with E-state index >= 15 is 0 Å². The van der Waals surface area contributed by atoms with E-state index in [0.29, 0.717) is 5.56 Å². The fraction of sp³-hybridized carbons (Fsp3) is 0.222. The van der Waals surface area contributed by atoms with Crippen molar-refractivity contribution in [3.63, 3.8) is 0 Å². The van der Waals surface area contributed by atoms with E-state index in [4.69, 9.17) is 5.26 Å². The standard InChI is InChI=1S/C18H18N2OS/c1-18(2,3)15-4-6-16(7-5-15)20-11-14(10-19)17(21)13-8-9-22-12-13/h4-9,11-12,20H,1-3H3/b14-11-. The number of nitrogens with zero attached hydrogens (tertiary/aromatic N) is 1. The van der Waals surface area contributed by atoms with Crippen LogP contribution in [0.2, 0.25) is 0 Å². The van der Waals surface area contributed by atoms with Crippen LogP contribution in [-0.4, -0.2) is 5.78 Å². The molecule has 4 heteroatoms. The molecule has 112 valence electrons. The van der Waals surface area contributed by atoms with Crippen LogP contribution in [0.1, 0.15) is 36.7 Å². The molecule has 0 fully saturated rings. The molecule has 0 spiro atoms. The number of hydrogen-bond acceptors (Lipinski definition) is 4. The summed E-state index contributed by atoms with van der Waals surface area (Å²) in [4.78, 5) is 12.1. The van der Waals surface area contributed by atoms with Crippen LogP contribution >= 0.6 is 11.3 Å². The van der Waals surface area contributed by atoms with Gasteiger partial charge in [0.1, 0.15) is 11.6 Å².